The van der Waals surface area contributed by atoms with Gasteiger partial charge in [-0.25, -0.2) is 0 Å². The Hall–Kier alpha value is -2.75. The Labute approximate surface area is 135 Å². The van der Waals surface area contributed by atoms with E-state index in [1.807, 2.05) is 18.2 Å². The number of carbonyl (C=O) groups is 3. The molecule has 0 bridgehead atoms. The van der Waals surface area contributed by atoms with Gasteiger partial charge in [0.25, 0.3) is 0 Å². The second-order valence-corrected chi connectivity index (χ2v) is 5.29. The largest absolute Gasteiger partial charge is 0.325 e. The van der Waals surface area contributed by atoms with Crippen LogP contribution in [0.5, 0.6) is 0 Å². The Kier molecular flexibility index (Phi) is 5.80. The SMILES string of the molecule is CC(=O)c1ccccc1NC(=O)CCCC(=O)c1ccccc1. The van der Waals surface area contributed by atoms with Gasteiger partial charge in [0.15, 0.2) is 11.6 Å². The van der Waals surface area contributed by atoms with Gasteiger partial charge in [0.2, 0.25) is 5.91 Å². The van der Waals surface area contributed by atoms with Crippen molar-refractivity contribution in [1.29, 1.82) is 0 Å². The van der Waals surface area contributed by atoms with E-state index in [0.717, 1.165) is 0 Å². The van der Waals surface area contributed by atoms with Gasteiger partial charge >= 0.3 is 0 Å². The lowest BCUT2D eigenvalue weighted by molar-refractivity contribution is -0.116. The fourth-order valence-electron chi connectivity index (χ4n) is 2.29. The molecule has 4 heteroatoms. The summed E-state index contributed by atoms with van der Waals surface area (Å²) in [6, 6.07) is 15.9. The molecule has 2 aromatic rings. The second kappa shape index (κ2) is 8.03. The van der Waals surface area contributed by atoms with E-state index in [2.05, 4.69) is 5.32 Å². The Morgan fingerprint density at radius 2 is 1.52 bits per heavy atom. The van der Waals surface area contributed by atoms with Gasteiger partial charge in [0.05, 0.1) is 5.69 Å². The van der Waals surface area contributed by atoms with Gasteiger partial charge in [-0.1, -0.05) is 42.5 Å². The quantitative estimate of drug-likeness (QED) is 0.789. The molecule has 0 fully saturated rings. The predicted molar refractivity (Wildman–Crippen MR) is 89.7 cm³/mol. The Morgan fingerprint density at radius 3 is 2.22 bits per heavy atom. The van der Waals surface area contributed by atoms with Crippen molar-refractivity contribution in [2.45, 2.75) is 26.2 Å². The van der Waals surface area contributed by atoms with Crippen molar-refractivity contribution < 1.29 is 14.4 Å². The lowest BCUT2D eigenvalue weighted by Crippen LogP contribution is -2.14. The number of rotatable bonds is 7. The van der Waals surface area contributed by atoms with Crippen LogP contribution in [0.2, 0.25) is 0 Å². The summed E-state index contributed by atoms with van der Waals surface area (Å²) in [5, 5.41) is 2.73. The fourth-order valence-corrected chi connectivity index (χ4v) is 2.29. The number of carbonyl (C=O) groups excluding carboxylic acids is 3. The van der Waals surface area contributed by atoms with Crippen LogP contribution in [-0.2, 0) is 4.79 Å². The highest BCUT2D eigenvalue weighted by molar-refractivity contribution is 6.03. The molecule has 0 heterocycles. The summed E-state index contributed by atoms with van der Waals surface area (Å²) in [5.41, 5.74) is 1.66. The summed E-state index contributed by atoms with van der Waals surface area (Å²) < 4.78 is 0. The average molecular weight is 309 g/mol. The first-order valence-electron chi connectivity index (χ1n) is 7.56. The van der Waals surface area contributed by atoms with E-state index in [0.29, 0.717) is 29.7 Å². The molecule has 23 heavy (non-hydrogen) atoms. The normalized spacial score (nSPS) is 10.1. The van der Waals surface area contributed by atoms with E-state index in [-0.39, 0.29) is 23.9 Å². The third kappa shape index (κ3) is 4.88. The minimum Gasteiger partial charge on any atom is -0.325 e. The van der Waals surface area contributed by atoms with Gasteiger partial charge in [-0.3, -0.25) is 14.4 Å². The van der Waals surface area contributed by atoms with Gasteiger partial charge in [-0.05, 0) is 25.5 Å². The van der Waals surface area contributed by atoms with Crippen LogP contribution in [0, 0.1) is 0 Å². The molecular weight excluding hydrogens is 290 g/mol. The molecule has 0 radical (unpaired) electrons. The number of nitrogens with one attached hydrogen (secondary N) is 1. The fraction of sp³-hybridized carbons (Fsp3) is 0.211. The zero-order chi connectivity index (χ0) is 16.7. The van der Waals surface area contributed by atoms with Crippen LogP contribution >= 0.6 is 0 Å². The van der Waals surface area contributed by atoms with Crippen molar-refractivity contribution in [3.63, 3.8) is 0 Å². The summed E-state index contributed by atoms with van der Waals surface area (Å²) in [4.78, 5) is 35.4. The molecule has 0 aliphatic heterocycles. The van der Waals surface area contributed by atoms with Crippen LogP contribution in [-0.4, -0.2) is 17.5 Å². The molecule has 4 nitrogen and oxygen atoms in total. The zero-order valence-corrected chi connectivity index (χ0v) is 13.0. The van der Waals surface area contributed by atoms with E-state index < -0.39 is 0 Å². The highest BCUT2D eigenvalue weighted by atomic mass is 16.2. The average Bonchev–Trinajstić information content (AvgIpc) is 2.56. The van der Waals surface area contributed by atoms with E-state index in [9.17, 15) is 14.4 Å². The number of benzene rings is 2. The summed E-state index contributed by atoms with van der Waals surface area (Å²) in [6.07, 6.45) is 1.04. The van der Waals surface area contributed by atoms with E-state index in [4.69, 9.17) is 0 Å². The number of hydrogen-bond acceptors (Lipinski definition) is 3. The third-order valence-corrected chi connectivity index (χ3v) is 3.48. The molecule has 0 saturated heterocycles. The van der Waals surface area contributed by atoms with E-state index in [1.54, 1.807) is 36.4 Å². The van der Waals surface area contributed by atoms with Crippen molar-refractivity contribution in [3.8, 4) is 0 Å². The Bertz CT molecular complexity index is 708. The van der Waals surface area contributed by atoms with Crippen LogP contribution in [0.4, 0.5) is 5.69 Å². The predicted octanol–water partition coefficient (Wildman–Crippen LogP) is 3.88. The number of para-hydroxylation sites is 1. The number of hydrogen-bond donors (Lipinski definition) is 1. The second-order valence-electron chi connectivity index (χ2n) is 5.29. The summed E-state index contributed by atoms with van der Waals surface area (Å²) in [5.74, 6) is -0.262. The van der Waals surface area contributed by atoms with Gasteiger partial charge in [0.1, 0.15) is 0 Å². The lowest BCUT2D eigenvalue weighted by atomic mass is 10.1. The van der Waals surface area contributed by atoms with Gasteiger partial charge in [-0.15, -0.1) is 0 Å². The molecule has 0 unspecified atom stereocenters. The minimum absolute atomic E-state index is 0.0301. The van der Waals surface area contributed by atoms with Crippen LogP contribution in [0.3, 0.4) is 0 Å². The van der Waals surface area contributed by atoms with Gasteiger partial charge < -0.3 is 5.32 Å². The van der Waals surface area contributed by atoms with Crippen LogP contribution in [0.25, 0.3) is 0 Å². The van der Waals surface area contributed by atoms with Crippen molar-refractivity contribution in [3.05, 3.63) is 65.7 Å². The van der Waals surface area contributed by atoms with Gasteiger partial charge in [0, 0.05) is 24.0 Å². The first kappa shape index (κ1) is 16.6. The van der Waals surface area contributed by atoms with Gasteiger partial charge in [-0.2, -0.15) is 0 Å². The van der Waals surface area contributed by atoms with Crippen molar-refractivity contribution in [2.75, 3.05) is 5.32 Å². The molecule has 118 valence electrons. The lowest BCUT2D eigenvalue weighted by Gasteiger charge is -2.08. The molecule has 0 aromatic heterocycles. The molecule has 0 atom stereocenters. The highest BCUT2D eigenvalue weighted by Gasteiger charge is 2.11. The van der Waals surface area contributed by atoms with Crippen molar-refractivity contribution in [2.24, 2.45) is 0 Å². The first-order chi connectivity index (χ1) is 11.1. The topological polar surface area (TPSA) is 63.2 Å². The molecule has 2 aromatic carbocycles. The third-order valence-electron chi connectivity index (χ3n) is 3.48. The summed E-state index contributed by atoms with van der Waals surface area (Å²) >= 11 is 0. The van der Waals surface area contributed by atoms with E-state index >= 15 is 0 Å². The Morgan fingerprint density at radius 1 is 0.870 bits per heavy atom. The zero-order valence-electron chi connectivity index (χ0n) is 13.0. The molecule has 2 rings (SSSR count). The van der Waals surface area contributed by atoms with Crippen molar-refractivity contribution >= 4 is 23.2 Å². The summed E-state index contributed by atoms with van der Waals surface area (Å²) in [6.45, 7) is 1.46. The molecule has 0 saturated carbocycles. The highest BCUT2D eigenvalue weighted by Crippen LogP contribution is 2.16. The first-order valence-corrected chi connectivity index (χ1v) is 7.56. The molecule has 0 aliphatic carbocycles. The van der Waals surface area contributed by atoms with Crippen LogP contribution in [0.15, 0.2) is 54.6 Å². The number of anilines is 1. The Balaban J connectivity index is 1.84. The van der Waals surface area contributed by atoms with Crippen LogP contribution in [0.1, 0.15) is 46.9 Å². The molecule has 1 amide bonds. The van der Waals surface area contributed by atoms with E-state index in [1.165, 1.54) is 6.92 Å². The van der Waals surface area contributed by atoms with Crippen molar-refractivity contribution in [1.82, 2.24) is 0 Å². The summed E-state index contributed by atoms with van der Waals surface area (Å²) in [7, 11) is 0. The number of Topliss-reactive ketones (excluding diaryl/α,β-unsaturated/α-hetero) is 2. The standard InChI is InChI=1S/C19H19NO3/c1-14(21)16-10-5-6-11-17(16)20-19(23)13-7-12-18(22)15-8-3-2-4-9-15/h2-6,8-11H,7,12-13H2,1H3,(H,20,23). The maximum Gasteiger partial charge on any atom is 0.224 e. The maximum atomic E-state index is 12.0. The smallest absolute Gasteiger partial charge is 0.224 e. The molecule has 0 aliphatic rings. The molecular formula is C19H19NO3. The monoisotopic (exact) mass is 309 g/mol. The molecule has 0 spiro atoms. The maximum absolute atomic E-state index is 12.0. The van der Waals surface area contributed by atoms with Crippen LogP contribution < -0.4 is 5.32 Å². The number of amides is 1. The number of ketones is 2. The molecule has 1 N–H and O–H groups in total. The minimum atomic E-state index is -0.195.